The lowest BCUT2D eigenvalue weighted by Gasteiger charge is -1.95. The van der Waals surface area contributed by atoms with Crippen LogP contribution in [0.4, 0.5) is 0 Å². The monoisotopic (exact) mass is 174 g/mol. The Morgan fingerprint density at radius 3 is 2.92 bits per heavy atom. The summed E-state index contributed by atoms with van der Waals surface area (Å²) in [4.78, 5) is 26.2. The first kappa shape index (κ1) is 7.72. The molecule has 2 aromatic rings. The molecule has 0 atom stereocenters. The van der Waals surface area contributed by atoms with Crippen molar-refractivity contribution in [1.82, 2.24) is 19.9 Å². The molecule has 2 heterocycles. The third-order valence-electron chi connectivity index (χ3n) is 1.54. The molecule has 13 heavy (non-hydrogen) atoms. The molecule has 0 unspecified atom stereocenters. The van der Waals surface area contributed by atoms with Gasteiger partial charge in [-0.25, -0.2) is 19.9 Å². The van der Waals surface area contributed by atoms with Crippen molar-refractivity contribution in [2.24, 2.45) is 0 Å². The Balaban J connectivity index is 2.55. The topological polar surface area (TPSA) is 68.6 Å². The summed E-state index contributed by atoms with van der Waals surface area (Å²) in [6.07, 6.45) is 5.67. The van der Waals surface area contributed by atoms with E-state index in [1.54, 1.807) is 18.6 Å². The van der Waals surface area contributed by atoms with Gasteiger partial charge in [0.15, 0.2) is 5.65 Å². The van der Waals surface area contributed by atoms with E-state index in [1.807, 2.05) is 0 Å². The van der Waals surface area contributed by atoms with Crippen molar-refractivity contribution in [2.75, 3.05) is 0 Å². The van der Waals surface area contributed by atoms with Crippen LogP contribution in [0.1, 0.15) is 5.82 Å². The van der Waals surface area contributed by atoms with Crippen LogP contribution in [0.3, 0.4) is 0 Å². The van der Waals surface area contributed by atoms with Crippen molar-refractivity contribution in [3.8, 4) is 0 Å². The lowest BCUT2D eigenvalue weighted by Crippen LogP contribution is -1.97. The lowest BCUT2D eigenvalue weighted by molar-refractivity contribution is -0.107. The molecule has 0 aliphatic carbocycles. The zero-order chi connectivity index (χ0) is 9.10. The summed E-state index contributed by atoms with van der Waals surface area (Å²) in [6.45, 7) is 0. The second-order valence-corrected chi connectivity index (χ2v) is 2.42. The van der Waals surface area contributed by atoms with Crippen LogP contribution in [0.5, 0.6) is 0 Å². The van der Waals surface area contributed by atoms with E-state index in [-0.39, 0.29) is 6.42 Å². The molecule has 2 rings (SSSR count). The molecule has 5 nitrogen and oxygen atoms in total. The van der Waals surface area contributed by atoms with Crippen LogP contribution in [0, 0.1) is 0 Å². The van der Waals surface area contributed by atoms with E-state index in [0.717, 1.165) is 6.29 Å². The maximum Gasteiger partial charge on any atom is 0.181 e. The Hall–Kier alpha value is -1.91. The van der Waals surface area contributed by atoms with E-state index in [0.29, 0.717) is 17.0 Å². The fraction of sp³-hybridized carbons (Fsp3) is 0.125. The van der Waals surface area contributed by atoms with Gasteiger partial charge in [-0.15, -0.1) is 0 Å². The number of hydrogen-bond donors (Lipinski definition) is 0. The molecule has 5 heteroatoms. The van der Waals surface area contributed by atoms with Crippen molar-refractivity contribution < 1.29 is 4.79 Å². The first-order valence-corrected chi connectivity index (χ1v) is 3.76. The summed E-state index contributed by atoms with van der Waals surface area (Å²) in [6, 6.07) is 0. The Kier molecular flexibility index (Phi) is 1.91. The molecular formula is C8H6N4O. The van der Waals surface area contributed by atoms with Gasteiger partial charge in [0.25, 0.3) is 0 Å². The molecule has 2 aromatic heterocycles. The number of nitrogens with zero attached hydrogens (tertiary/aromatic N) is 4. The average molecular weight is 174 g/mol. The van der Waals surface area contributed by atoms with Gasteiger partial charge >= 0.3 is 0 Å². The first-order valence-electron chi connectivity index (χ1n) is 3.76. The molecule has 0 spiro atoms. The third-order valence-corrected chi connectivity index (χ3v) is 1.54. The number of fused-ring (bicyclic) bond motifs is 1. The summed E-state index contributed by atoms with van der Waals surface area (Å²) in [7, 11) is 0. The summed E-state index contributed by atoms with van der Waals surface area (Å²) in [5.74, 6) is 0.475. The van der Waals surface area contributed by atoms with E-state index >= 15 is 0 Å². The SMILES string of the molecule is O=CCc1ncc2nccnc2n1. The highest BCUT2D eigenvalue weighted by molar-refractivity contribution is 5.67. The van der Waals surface area contributed by atoms with Crippen LogP contribution in [0.25, 0.3) is 11.2 Å². The second kappa shape index (κ2) is 3.22. The van der Waals surface area contributed by atoms with Crippen LogP contribution in [-0.2, 0) is 11.2 Å². The predicted octanol–water partition coefficient (Wildman–Crippen LogP) is 0.161. The fourth-order valence-electron chi connectivity index (χ4n) is 0.978. The minimum Gasteiger partial charge on any atom is -0.303 e. The van der Waals surface area contributed by atoms with Crippen LogP contribution >= 0.6 is 0 Å². The minimum absolute atomic E-state index is 0.215. The number of hydrogen-bond acceptors (Lipinski definition) is 5. The lowest BCUT2D eigenvalue weighted by atomic mass is 10.4. The Labute approximate surface area is 73.9 Å². The number of carbonyl (C=O) groups is 1. The quantitative estimate of drug-likeness (QED) is 0.606. The Morgan fingerprint density at radius 2 is 2.08 bits per heavy atom. The molecule has 0 bridgehead atoms. The molecule has 0 fully saturated rings. The van der Waals surface area contributed by atoms with E-state index in [9.17, 15) is 4.79 Å². The minimum atomic E-state index is 0.215. The Morgan fingerprint density at radius 1 is 1.23 bits per heavy atom. The molecule has 0 N–H and O–H groups in total. The van der Waals surface area contributed by atoms with Gasteiger partial charge in [0.1, 0.15) is 17.6 Å². The maximum absolute atomic E-state index is 10.2. The van der Waals surface area contributed by atoms with Crippen molar-refractivity contribution in [3.05, 3.63) is 24.4 Å². The first-order chi connectivity index (χ1) is 6.40. The molecule has 0 saturated heterocycles. The van der Waals surface area contributed by atoms with E-state index in [2.05, 4.69) is 19.9 Å². The van der Waals surface area contributed by atoms with Crippen LogP contribution in [0.2, 0.25) is 0 Å². The van der Waals surface area contributed by atoms with Gasteiger partial charge in [0, 0.05) is 12.4 Å². The predicted molar refractivity (Wildman–Crippen MR) is 44.9 cm³/mol. The van der Waals surface area contributed by atoms with Crippen molar-refractivity contribution in [1.29, 1.82) is 0 Å². The third kappa shape index (κ3) is 1.48. The molecule has 0 saturated carbocycles. The number of carbonyl (C=O) groups excluding carboxylic acids is 1. The maximum atomic E-state index is 10.2. The van der Waals surface area contributed by atoms with Gasteiger partial charge < -0.3 is 4.79 Å². The van der Waals surface area contributed by atoms with E-state index in [4.69, 9.17) is 0 Å². The molecule has 0 aromatic carbocycles. The van der Waals surface area contributed by atoms with E-state index < -0.39 is 0 Å². The van der Waals surface area contributed by atoms with Gasteiger partial charge in [-0.1, -0.05) is 0 Å². The van der Waals surface area contributed by atoms with Gasteiger partial charge in [-0.05, 0) is 0 Å². The van der Waals surface area contributed by atoms with Crippen LogP contribution < -0.4 is 0 Å². The number of aldehydes is 1. The normalized spacial score (nSPS) is 10.2. The standard InChI is InChI=1S/C8H6N4O/c13-4-1-7-11-5-6-8(12-7)10-3-2-9-6/h2-5H,1H2. The average Bonchev–Trinajstić information content (AvgIpc) is 2.18. The van der Waals surface area contributed by atoms with E-state index in [1.165, 1.54) is 0 Å². The molecule has 0 amide bonds. The van der Waals surface area contributed by atoms with Crippen molar-refractivity contribution in [3.63, 3.8) is 0 Å². The summed E-state index contributed by atoms with van der Waals surface area (Å²) in [5.41, 5.74) is 1.16. The van der Waals surface area contributed by atoms with Crippen molar-refractivity contribution in [2.45, 2.75) is 6.42 Å². The molecule has 0 radical (unpaired) electrons. The second-order valence-electron chi connectivity index (χ2n) is 2.42. The summed E-state index contributed by atoms with van der Waals surface area (Å²) in [5, 5.41) is 0. The van der Waals surface area contributed by atoms with Gasteiger partial charge in [-0.2, -0.15) is 0 Å². The van der Waals surface area contributed by atoms with Gasteiger partial charge in [0.05, 0.1) is 12.6 Å². The highest BCUT2D eigenvalue weighted by Gasteiger charge is 1.99. The molecule has 64 valence electrons. The van der Waals surface area contributed by atoms with Crippen LogP contribution in [0.15, 0.2) is 18.6 Å². The summed E-state index contributed by atoms with van der Waals surface area (Å²) < 4.78 is 0. The smallest absolute Gasteiger partial charge is 0.181 e. The van der Waals surface area contributed by atoms with Crippen molar-refractivity contribution >= 4 is 17.5 Å². The zero-order valence-corrected chi connectivity index (χ0v) is 6.71. The molecular weight excluding hydrogens is 168 g/mol. The molecule has 0 aliphatic heterocycles. The van der Waals surface area contributed by atoms with Crippen LogP contribution in [-0.4, -0.2) is 26.2 Å². The molecule has 0 aliphatic rings. The largest absolute Gasteiger partial charge is 0.303 e. The van der Waals surface area contributed by atoms with Gasteiger partial charge in [0.2, 0.25) is 0 Å². The zero-order valence-electron chi connectivity index (χ0n) is 6.71. The Bertz CT molecular complexity index is 443. The number of aromatic nitrogens is 4. The summed E-state index contributed by atoms with van der Waals surface area (Å²) >= 11 is 0. The fourth-order valence-corrected chi connectivity index (χ4v) is 0.978. The van der Waals surface area contributed by atoms with Gasteiger partial charge in [-0.3, -0.25) is 0 Å². The highest BCUT2D eigenvalue weighted by atomic mass is 16.1. The number of rotatable bonds is 2. The highest BCUT2D eigenvalue weighted by Crippen LogP contribution is 2.02.